The van der Waals surface area contributed by atoms with Crippen LogP contribution in [-0.4, -0.2) is 88.7 Å². The van der Waals surface area contributed by atoms with Gasteiger partial charge in [0.2, 0.25) is 0 Å². The molecule has 1 spiro atoms. The monoisotopic (exact) mass is 612 g/mol. The van der Waals surface area contributed by atoms with Crippen molar-refractivity contribution in [2.75, 3.05) is 32.8 Å². The number of likely N-dealkylation sites (tertiary alicyclic amines) is 1. The normalized spacial score (nSPS) is 27.1. The summed E-state index contributed by atoms with van der Waals surface area (Å²) < 4.78 is 15.2. The molecule has 6 rings (SSSR count). The summed E-state index contributed by atoms with van der Waals surface area (Å²) in [4.78, 5) is 5.08. The third kappa shape index (κ3) is 3.42. The van der Waals surface area contributed by atoms with Gasteiger partial charge in [-0.2, -0.15) is 0 Å². The molecule has 2 aromatic carbocycles. The Morgan fingerprint density at radius 2 is 1.58 bits per heavy atom. The zero-order valence-corrected chi connectivity index (χ0v) is 24.4. The number of hydrogen-bond acceptors (Lipinski definition) is 4. The molecule has 0 aromatic heterocycles. The van der Waals surface area contributed by atoms with Crippen LogP contribution in [0, 0.1) is 5.41 Å². The van der Waals surface area contributed by atoms with Gasteiger partial charge in [0, 0.05) is 0 Å². The van der Waals surface area contributed by atoms with Crippen LogP contribution >= 0.6 is 0 Å². The topological polar surface area (TPSA) is 24.9 Å². The van der Waals surface area contributed by atoms with Gasteiger partial charge in [0.15, 0.2) is 0 Å². The van der Waals surface area contributed by atoms with E-state index in [0.29, 0.717) is 13.2 Å². The van der Waals surface area contributed by atoms with E-state index in [2.05, 4.69) is 115 Å². The molecule has 4 nitrogen and oxygen atoms in total. The summed E-state index contributed by atoms with van der Waals surface area (Å²) in [5, 5.41) is 0. The Kier molecular flexibility index (Phi) is 6.38. The van der Waals surface area contributed by atoms with Gasteiger partial charge in [-0.15, -0.1) is 0 Å². The zero-order valence-electron chi connectivity index (χ0n) is 21.0. The van der Waals surface area contributed by atoms with Crippen LogP contribution in [0.15, 0.2) is 71.8 Å². The van der Waals surface area contributed by atoms with E-state index < -0.39 is 5.72 Å². The number of nitrogens with zero attached hydrogens (tertiary/aromatic N) is 2. The van der Waals surface area contributed by atoms with Gasteiger partial charge in [0.05, 0.1) is 0 Å². The number of rotatable bonds is 7. The Morgan fingerprint density at radius 1 is 0.944 bits per heavy atom. The molecule has 1 aliphatic carbocycles. The van der Waals surface area contributed by atoms with Crippen molar-refractivity contribution in [1.29, 1.82) is 0 Å². The van der Waals surface area contributed by atoms with Crippen molar-refractivity contribution in [2.24, 2.45) is 5.41 Å². The van der Waals surface area contributed by atoms with Crippen molar-refractivity contribution in [2.45, 2.75) is 38.8 Å². The van der Waals surface area contributed by atoms with E-state index in [1.165, 1.54) is 50.9 Å². The predicted molar refractivity (Wildman–Crippen MR) is 149 cm³/mol. The third-order valence-corrected chi connectivity index (χ3v) is 9.95. The average molecular weight is 611 g/mol. The second-order valence-electron chi connectivity index (χ2n) is 10.2. The van der Waals surface area contributed by atoms with Crippen molar-refractivity contribution in [3.8, 4) is 0 Å². The minimum absolute atomic E-state index is 0.227. The molecule has 2 fully saturated rings. The fourth-order valence-electron chi connectivity index (χ4n) is 6.80. The molecule has 2 aromatic rings. The standard InChI is InChI=1S/C30H32N2O2Se2/c1-3-33-28(36)23-20-29(2)24(21-12-6-4-7-13-21)25(27(35)31-16-10-11-17-31)30(29)32(18-19-34-30)26(23)22-14-8-5-9-15-22/h4-9,12-15H,3,10-11,16-20H2,1-2H3. The quantitative estimate of drug-likeness (QED) is 0.443. The Hall–Kier alpha value is -1.94. The van der Waals surface area contributed by atoms with Gasteiger partial charge < -0.3 is 0 Å². The van der Waals surface area contributed by atoms with Crippen LogP contribution in [0.4, 0.5) is 0 Å². The molecule has 0 bridgehead atoms. The summed E-state index contributed by atoms with van der Waals surface area (Å²) in [5.74, 6) is 0. The van der Waals surface area contributed by atoms with Gasteiger partial charge in [-0.25, -0.2) is 0 Å². The van der Waals surface area contributed by atoms with E-state index in [4.69, 9.17) is 9.47 Å². The summed E-state index contributed by atoms with van der Waals surface area (Å²) >= 11 is 6.78. The summed E-state index contributed by atoms with van der Waals surface area (Å²) in [7, 11) is 0. The molecular weight excluding hydrogens is 578 g/mol. The third-order valence-electron chi connectivity index (χ3n) is 8.22. The Balaban J connectivity index is 1.59. The molecule has 36 heavy (non-hydrogen) atoms. The van der Waals surface area contributed by atoms with Crippen LogP contribution in [-0.2, 0) is 9.47 Å². The molecule has 4 aliphatic rings. The van der Waals surface area contributed by atoms with Crippen molar-refractivity contribution in [3.05, 3.63) is 82.9 Å². The maximum absolute atomic E-state index is 6.94. The van der Waals surface area contributed by atoms with Gasteiger partial charge >= 0.3 is 231 Å². The first-order chi connectivity index (χ1) is 17.5. The molecule has 3 aliphatic heterocycles. The molecule has 0 N–H and O–H groups in total. The van der Waals surface area contributed by atoms with Gasteiger partial charge in [0.25, 0.3) is 0 Å². The van der Waals surface area contributed by atoms with Crippen LogP contribution in [0.1, 0.15) is 44.2 Å². The molecular formula is C30H32N2O2Se2. The SMILES string of the molecule is CCOC(=[Se])C1=C(c2ccccc2)N2CCOC23C(C(=[Se])N2CCCC2)=C(c2ccccc2)C3(C)C1. The predicted octanol–water partition coefficient (Wildman–Crippen LogP) is 4.03. The first-order valence-corrected chi connectivity index (χ1v) is 14.7. The van der Waals surface area contributed by atoms with E-state index in [0.717, 1.165) is 30.7 Å². The van der Waals surface area contributed by atoms with E-state index in [1.54, 1.807) is 0 Å². The average Bonchev–Trinajstić information content (AvgIpc) is 3.59. The van der Waals surface area contributed by atoms with E-state index in [-0.39, 0.29) is 5.41 Å². The first kappa shape index (κ1) is 24.4. The number of ether oxygens (including phenoxy) is 2. The van der Waals surface area contributed by atoms with Crippen LogP contribution < -0.4 is 0 Å². The van der Waals surface area contributed by atoms with Gasteiger partial charge in [0.1, 0.15) is 0 Å². The van der Waals surface area contributed by atoms with Crippen molar-refractivity contribution in [1.82, 2.24) is 9.80 Å². The molecule has 2 atom stereocenters. The summed E-state index contributed by atoms with van der Waals surface area (Å²) in [6.07, 6.45) is 3.33. The molecule has 0 amide bonds. The Labute approximate surface area is 230 Å². The Bertz CT molecular complexity index is 1270. The van der Waals surface area contributed by atoms with E-state index >= 15 is 0 Å². The summed E-state index contributed by atoms with van der Waals surface area (Å²) in [6.45, 7) is 8.83. The fraction of sp³-hybridized carbons (Fsp3) is 0.400. The number of benzene rings is 2. The second kappa shape index (κ2) is 9.42. The van der Waals surface area contributed by atoms with E-state index in [9.17, 15) is 0 Å². The van der Waals surface area contributed by atoms with Crippen molar-refractivity contribution >= 4 is 51.6 Å². The Morgan fingerprint density at radius 3 is 2.22 bits per heavy atom. The molecule has 6 heteroatoms. The molecule has 0 saturated carbocycles. The molecule has 3 heterocycles. The second-order valence-corrected chi connectivity index (χ2v) is 11.8. The van der Waals surface area contributed by atoms with Gasteiger partial charge in [-0.1, -0.05) is 0 Å². The van der Waals surface area contributed by atoms with Crippen LogP contribution in [0.25, 0.3) is 11.3 Å². The van der Waals surface area contributed by atoms with Crippen LogP contribution in [0.2, 0.25) is 0 Å². The van der Waals surface area contributed by atoms with Crippen molar-refractivity contribution in [3.63, 3.8) is 0 Å². The molecule has 2 unspecified atom stereocenters. The first-order valence-electron chi connectivity index (χ1n) is 13.0. The van der Waals surface area contributed by atoms with Crippen LogP contribution in [0.5, 0.6) is 0 Å². The van der Waals surface area contributed by atoms with Gasteiger partial charge in [-0.05, 0) is 0 Å². The van der Waals surface area contributed by atoms with Crippen molar-refractivity contribution < 1.29 is 9.47 Å². The fourth-order valence-corrected chi connectivity index (χ4v) is 8.29. The number of hydrogen-bond donors (Lipinski definition) is 0. The zero-order chi connectivity index (χ0) is 24.9. The van der Waals surface area contributed by atoms with E-state index in [1.807, 2.05) is 0 Å². The molecule has 0 radical (unpaired) electrons. The minimum atomic E-state index is -0.511. The summed E-state index contributed by atoms with van der Waals surface area (Å²) in [5.41, 5.74) is 6.93. The van der Waals surface area contributed by atoms with Crippen LogP contribution in [0.3, 0.4) is 0 Å². The molecule has 2 saturated heterocycles. The molecule has 186 valence electrons. The van der Waals surface area contributed by atoms with Gasteiger partial charge in [-0.3, -0.25) is 0 Å². The maximum atomic E-state index is 6.94. The summed E-state index contributed by atoms with van der Waals surface area (Å²) in [6, 6.07) is 21.7.